The molecule has 2 aliphatic rings. The van der Waals surface area contributed by atoms with Crippen LogP contribution in [0.25, 0.3) is 0 Å². The van der Waals surface area contributed by atoms with Crippen LogP contribution in [0.5, 0.6) is 5.75 Å². The lowest BCUT2D eigenvalue weighted by atomic mass is 10.1. The van der Waals surface area contributed by atoms with Gasteiger partial charge in [0.1, 0.15) is 29.8 Å². The Kier molecular flexibility index (Phi) is 4.05. The second kappa shape index (κ2) is 6.22. The standard InChI is InChI=1S/C17H19BrN4O2/c1-10-7-12(18)8-13-15(10)24-11(2)14-16(21-13)19-9-20-17(14)22-3-5-23-6-4-22/h7-9,11H,3-6H2,1-2H3,(H,19,20,21)/t11-/m0/s1. The Labute approximate surface area is 149 Å². The number of fused-ring (bicyclic) bond motifs is 2. The molecular weight excluding hydrogens is 372 g/mol. The molecule has 1 aromatic carbocycles. The van der Waals surface area contributed by atoms with Crippen molar-refractivity contribution < 1.29 is 9.47 Å². The minimum Gasteiger partial charge on any atom is -0.483 e. The van der Waals surface area contributed by atoms with Crippen LogP contribution in [0.4, 0.5) is 17.3 Å². The molecule has 0 radical (unpaired) electrons. The number of rotatable bonds is 1. The fourth-order valence-corrected chi connectivity index (χ4v) is 3.80. The highest BCUT2D eigenvalue weighted by Crippen LogP contribution is 2.43. The maximum Gasteiger partial charge on any atom is 0.146 e. The fourth-order valence-electron chi connectivity index (χ4n) is 3.23. The predicted molar refractivity (Wildman–Crippen MR) is 96.3 cm³/mol. The van der Waals surface area contributed by atoms with E-state index in [9.17, 15) is 0 Å². The number of hydrogen-bond acceptors (Lipinski definition) is 6. The number of anilines is 3. The third-order valence-electron chi connectivity index (χ3n) is 4.37. The molecule has 126 valence electrons. The molecule has 0 amide bonds. The number of aryl methyl sites for hydroxylation is 1. The number of halogens is 1. The van der Waals surface area contributed by atoms with Gasteiger partial charge in [-0.25, -0.2) is 9.97 Å². The molecule has 0 bridgehead atoms. The summed E-state index contributed by atoms with van der Waals surface area (Å²) in [6.07, 6.45) is 1.46. The van der Waals surface area contributed by atoms with Crippen molar-refractivity contribution >= 4 is 33.3 Å². The summed E-state index contributed by atoms with van der Waals surface area (Å²) in [7, 11) is 0. The number of benzene rings is 1. The van der Waals surface area contributed by atoms with Gasteiger partial charge >= 0.3 is 0 Å². The summed E-state index contributed by atoms with van der Waals surface area (Å²) >= 11 is 3.55. The van der Waals surface area contributed by atoms with E-state index in [1.54, 1.807) is 6.33 Å². The summed E-state index contributed by atoms with van der Waals surface area (Å²) in [5.41, 5.74) is 2.98. The van der Waals surface area contributed by atoms with Crippen molar-refractivity contribution in [1.82, 2.24) is 9.97 Å². The zero-order valence-electron chi connectivity index (χ0n) is 13.7. The van der Waals surface area contributed by atoms with Crippen LogP contribution in [-0.4, -0.2) is 36.3 Å². The SMILES string of the molecule is Cc1cc(Br)cc2c1O[C@@H](C)c1c(ncnc1N1CCOCC1)N2. The minimum absolute atomic E-state index is 0.146. The minimum atomic E-state index is -0.146. The van der Waals surface area contributed by atoms with Crippen LogP contribution in [0.3, 0.4) is 0 Å². The zero-order chi connectivity index (χ0) is 16.7. The van der Waals surface area contributed by atoms with Gasteiger partial charge in [0.2, 0.25) is 0 Å². The summed E-state index contributed by atoms with van der Waals surface area (Å²) in [6.45, 7) is 7.18. The molecule has 0 spiro atoms. The van der Waals surface area contributed by atoms with Gasteiger partial charge in [-0.3, -0.25) is 0 Å². The molecule has 24 heavy (non-hydrogen) atoms. The lowest BCUT2D eigenvalue weighted by molar-refractivity contribution is 0.122. The van der Waals surface area contributed by atoms with E-state index in [1.807, 2.05) is 19.9 Å². The molecule has 0 aliphatic carbocycles. The molecule has 1 N–H and O–H groups in total. The number of hydrogen-bond donors (Lipinski definition) is 1. The lowest BCUT2D eigenvalue weighted by Crippen LogP contribution is -2.37. The number of aromatic nitrogens is 2. The topological polar surface area (TPSA) is 59.5 Å². The second-order valence-corrected chi connectivity index (χ2v) is 6.96. The van der Waals surface area contributed by atoms with Crippen molar-refractivity contribution in [1.29, 1.82) is 0 Å². The van der Waals surface area contributed by atoms with Gasteiger partial charge in [0.05, 0.1) is 24.5 Å². The van der Waals surface area contributed by atoms with Gasteiger partial charge in [-0.2, -0.15) is 0 Å². The Bertz CT molecular complexity index is 777. The second-order valence-electron chi connectivity index (χ2n) is 6.04. The van der Waals surface area contributed by atoms with Crippen molar-refractivity contribution in [2.45, 2.75) is 20.0 Å². The van der Waals surface area contributed by atoms with E-state index in [4.69, 9.17) is 9.47 Å². The molecule has 2 aromatic rings. The van der Waals surface area contributed by atoms with E-state index in [1.165, 1.54) is 0 Å². The monoisotopic (exact) mass is 390 g/mol. The van der Waals surface area contributed by atoms with Crippen LogP contribution in [-0.2, 0) is 4.74 Å². The fraction of sp³-hybridized carbons (Fsp3) is 0.412. The molecular formula is C17H19BrN4O2. The molecule has 4 rings (SSSR count). The van der Waals surface area contributed by atoms with E-state index in [2.05, 4.69) is 42.2 Å². The van der Waals surface area contributed by atoms with Gasteiger partial charge in [-0.1, -0.05) is 15.9 Å². The highest BCUT2D eigenvalue weighted by molar-refractivity contribution is 9.10. The van der Waals surface area contributed by atoms with Crippen LogP contribution in [0.1, 0.15) is 24.2 Å². The zero-order valence-corrected chi connectivity index (χ0v) is 15.3. The Morgan fingerprint density at radius 3 is 2.83 bits per heavy atom. The van der Waals surface area contributed by atoms with Crippen LogP contribution < -0.4 is 15.0 Å². The molecule has 1 saturated heterocycles. The Morgan fingerprint density at radius 1 is 1.25 bits per heavy atom. The van der Waals surface area contributed by atoms with E-state index < -0.39 is 0 Å². The predicted octanol–water partition coefficient (Wildman–Crippen LogP) is 3.58. The maximum absolute atomic E-state index is 6.28. The average Bonchev–Trinajstić information content (AvgIpc) is 2.72. The Morgan fingerprint density at radius 2 is 2.04 bits per heavy atom. The van der Waals surface area contributed by atoms with Crippen molar-refractivity contribution in [2.75, 3.05) is 36.5 Å². The summed E-state index contributed by atoms with van der Waals surface area (Å²) in [5.74, 6) is 2.58. The molecule has 6 nitrogen and oxygen atoms in total. The normalized spacial score (nSPS) is 19.6. The van der Waals surface area contributed by atoms with Gasteiger partial charge in [-0.15, -0.1) is 0 Å². The van der Waals surface area contributed by atoms with Crippen LogP contribution in [0, 0.1) is 6.92 Å². The first-order valence-electron chi connectivity index (χ1n) is 8.05. The molecule has 2 aliphatic heterocycles. The van der Waals surface area contributed by atoms with Gasteiger partial charge < -0.3 is 19.7 Å². The first kappa shape index (κ1) is 15.7. The van der Waals surface area contributed by atoms with Gasteiger partial charge in [-0.05, 0) is 31.5 Å². The third kappa shape index (κ3) is 2.71. The number of ether oxygens (including phenoxy) is 2. The first-order chi connectivity index (χ1) is 11.6. The Hall–Kier alpha value is -1.86. The summed E-state index contributed by atoms with van der Waals surface area (Å²) in [4.78, 5) is 11.2. The number of nitrogens with one attached hydrogen (secondary N) is 1. The number of nitrogens with zero attached hydrogens (tertiary/aromatic N) is 3. The molecule has 7 heteroatoms. The highest BCUT2D eigenvalue weighted by atomic mass is 79.9. The smallest absolute Gasteiger partial charge is 0.146 e. The molecule has 1 aromatic heterocycles. The van der Waals surface area contributed by atoms with Gasteiger partial charge in [0.15, 0.2) is 0 Å². The molecule has 1 atom stereocenters. The van der Waals surface area contributed by atoms with E-state index in [0.717, 1.165) is 51.8 Å². The quantitative estimate of drug-likeness (QED) is 0.802. The maximum atomic E-state index is 6.28. The largest absolute Gasteiger partial charge is 0.483 e. The molecule has 3 heterocycles. The Balaban J connectivity index is 1.80. The van der Waals surface area contributed by atoms with Gasteiger partial charge in [0.25, 0.3) is 0 Å². The summed E-state index contributed by atoms with van der Waals surface area (Å²) < 4.78 is 12.7. The summed E-state index contributed by atoms with van der Waals surface area (Å²) in [5, 5.41) is 3.43. The van der Waals surface area contributed by atoms with Crippen molar-refractivity contribution in [3.63, 3.8) is 0 Å². The van der Waals surface area contributed by atoms with Crippen molar-refractivity contribution in [3.05, 3.63) is 34.1 Å². The molecule has 0 unspecified atom stereocenters. The highest BCUT2D eigenvalue weighted by Gasteiger charge is 2.28. The van der Waals surface area contributed by atoms with Crippen LogP contribution >= 0.6 is 15.9 Å². The van der Waals surface area contributed by atoms with Crippen molar-refractivity contribution in [2.24, 2.45) is 0 Å². The third-order valence-corrected chi connectivity index (χ3v) is 4.82. The lowest BCUT2D eigenvalue weighted by Gasteiger charge is -2.30. The van der Waals surface area contributed by atoms with Gasteiger partial charge in [0, 0.05) is 17.6 Å². The van der Waals surface area contributed by atoms with E-state index in [0.29, 0.717) is 13.2 Å². The summed E-state index contributed by atoms with van der Waals surface area (Å²) in [6, 6.07) is 4.07. The van der Waals surface area contributed by atoms with E-state index in [-0.39, 0.29) is 6.10 Å². The first-order valence-corrected chi connectivity index (χ1v) is 8.84. The van der Waals surface area contributed by atoms with Crippen LogP contribution in [0.2, 0.25) is 0 Å². The average molecular weight is 391 g/mol. The van der Waals surface area contributed by atoms with Crippen molar-refractivity contribution in [3.8, 4) is 5.75 Å². The molecule has 1 fully saturated rings. The molecule has 0 saturated carbocycles. The van der Waals surface area contributed by atoms with Crippen LogP contribution in [0.15, 0.2) is 22.9 Å². The van der Waals surface area contributed by atoms with E-state index >= 15 is 0 Å². The number of morpholine rings is 1.